The summed E-state index contributed by atoms with van der Waals surface area (Å²) in [6.07, 6.45) is 0. The van der Waals surface area contributed by atoms with Crippen LogP contribution in [0.25, 0.3) is 0 Å². The summed E-state index contributed by atoms with van der Waals surface area (Å²) in [6, 6.07) is 12.8. The molecule has 2 aromatic carbocycles. The van der Waals surface area contributed by atoms with Gasteiger partial charge in [-0.05, 0) is 29.8 Å². The lowest BCUT2D eigenvalue weighted by molar-refractivity contribution is -0.385. The minimum Gasteiger partial charge on any atom is -0.497 e. The predicted molar refractivity (Wildman–Crippen MR) is 84.3 cm³/mol. The molecule has 0 saturated heterocycles. The van der Waals surface area contributed by atoms with Gasteiger partial charge in [0.15, 0.2) is 0 Å². The number of nitro benzene ring substituents is 1. The summed E-state index contributed by atoms with van der Waals surface area (Å²) >= 11 is 3.25. The first-order valence-electron chi connectivity index (χ1n) is 6.36. The van der Waals surface area contributed by atoms with Crippen LogP contribution in [0, 0.1) is 10.1 Å². The highest BCUT2D eigenvalue weighted by Crippen LogP contribution is 2.23. The molecule has 0 spiro atoms. The van der Waals surface area contributed by atoms with Crippen molar-refractivity contribution < 1.29 is 9.66 Å². The van der Waals surface area contributed by atoms with E-state index in [9.17, 15) is 10.1 Å². The Bertz CT molecular complexity index is 647. The van der Waals surface area contributed by atoms with E-state index in [0.717, 1.165) is 11.3 Å². The van der Waals surface area contributed by atoms with Crippen LogP contribution in [0.2, 0.25) is 0 Å². The molecule has 5 nitrogen and oxygen atoms in total. The molecule has 0 saturated carbocycles. The fraction of sp³-hybridized carbons (Fsp3) is 0.200. The third-order valence-corrected chi connectivity index (χ3v) is 3.52. The monoisotopic (exact) mass is 350 g/mol. The second kappa shape index (κ2) is 7.19. The molecule has 0 aliphatic rings. The molecule has 0 heterocycles. The molecule has 21 heavy (non-hydrogen) atoms. The lowest BCUT2D eigenvalue weighted by atomic mass is 10.1. The summed E-state index contributed by atoms with van der Waals surface area (Å²) in [5, 5.41) is 14.2. The van der Waals surface area contributed by atoms with Crippen LogP contribution in [0.1, 0.15) is 11.1 Å². The van der Waals surface area contributed by atoms with Crippen LogP contribution in [-0.2, 0) is 13.1 Å². The standard InChI is InChI=1S/C15H15BrN2O3/c1-21-14-4-2-3-11(7-14)9-17-10-12-5-6-13(16)8-15(12)18(19)20/h2-8,17H,9-10H2,1H3. The smallest absolute Gasteiger partial charge is 0.275 e. The Morgan fingerprint density at radius 1 is 1.24 bits per heavy atom. The Hall–Kier alpha value is -1.92. The third kappa shape index (κ3) is 4.27. The zero-order valence-electron chi connectivity index (χ0n) is 11.5. The number of nitrogens with one attached hydrogen (secondary N) is 1. The number of nitro groups is 1. The van der Waals surface area contributed by atoms with Crippen LogP contribution in [0.4, 0.5) is 5.69 Å². The van der Waals surface area contributed by atoms with E-state index in [0.29, 0.717) is 23.1 Å². The quantitative estimate of drug-likeness (QED) is 0.637. The van der Waals surface area contributed by atoms with Crippen molar-refractivity contribution in [2.24, 2.45) is 0 Å². The molecular weight excluding hydrogens is 336 g/mol. The van der Waals surface area contributed by atoms with Crippen LogP contribution >= 0.6 is 15.9 Å². The molecule has 0 atom stereocenters. The van der Waals surface area contributed by atoms with Crippen molar-refractivity contribution in [2.45, 2.75) is 13.1 Å². The first kappa shape index (κ1) is 15.5. The maximum Gasteiger partial charge on any atom is 0.275 e. The fourth-order valence-electron chi connectivity index (χ4n) is 1.98. The largest absolute Gasteiger partial charge is 0.497 e. The minimum atomic E-state index is -0.368. The average molecular weight is 351 g/mol. The normalized spacial score (nSPS) is 10.4. The lowest BCUT2D eigenvalue weighted by Crippen LogP contribution is -2.13. The Kier molecular flexibility index (Phi) is 5.30. The molecule has 0 unspecified atom stereocenters. The second-order valence-electron chi connectivity index (χ2n) is 4.49. The van der Waals surface area contributed by atoms with Crippen molar-refractivity contribution in [3.63, 3.8) is 0 Å². The van der Waals surface area contributed by atoms with Gasteiger partial charge in [-0.1, -0.05) is 28.1 Å². The Labute approximate surface area is 131 Å². The topological polar surface area (TPSA) is 64.4 Å². The highest BCUT2D eigenvalue weighted by Gasteiger charge is 2.13. The van der Waals surface area contributed by atoms with Crippen molar-refractivity contribution in [2.75, 3.05) is 7.11 Å². The Morgan fingerprint density at radius 3 is 2.76 bits per heavy atom. The van der Waals surface area contributed by atoms with Crippen molar-refractivity contribution in [1.82, 2.24) is 5.32 Å². The number of benzene rings is 2. The number of hydrogen-bond acceptors (Lipinski definition) is 4. The lowest BCUT2D eigenvalue weighted by Gasteiger charge is -2.07. The fourth-order valence-corrected chi connectivity index (χ4v) is 2.33. The number of ether oxygens (including phenoxy) is 1. The number of hydrogen-bond donors (Lipinski definition) is 1. The van der Waals surface area contributed by atoms with Gasteiger partial charge in [-0.15, -0.1) is 0 Å². The summed E-state index contributed by atoms with van der Waals surface area (Å²) in [6.45, 7) is 1.05. The van der Waals surface area contributed by atoms with E-state index in [1.807, 2.05) is 24.3 Å². The van der Waals surface area contributed by atoms with Gasteiger partial charge in [0.05, 0.1) is 12.0 Å². The molecule has 0 amide bonds. The highest BCUT2D eigenvalue weighted by molar-refractivity contribution is 9.10. The van der Waals surface area contributed by atoms with Crippen molar-refractivity contribution in [3.8, 4) is 5.75 Å². The number of nitrogens with zero attached hydrogens (tertiary/aromatic N) is 1. The summed E-state index contributed by atoms with van der Waals surface area (Å²) in [4.78, 5) is 10.7. The van der Waals surface area contributed by atoms with E-state index in [4.69, 9.17) is 4.74 Å². The third-order valence-electron chi connectivity index (χ3n) is 3.02. The van der Waals surface area contributed by atoms with Crippen LogP contribution in [-0.4, -0.2) is 12.0 Å². The average Bonchev–Trinajstić information content (AvgIpc) is 2.48. The van der Waals surface area contributed by atoms with E-state index in [2.05, 4.69) is 21.2 Å². The van der Waals surface area contributed by atoms with E-state index in [-0.39, 0.29) is 10.6 Å². The van der Waals surface area contributed by atoms with E-state index in [1.54, 1.807) is 19.2 Å². The zero-order chi connectivity index (χ0) is 15.2. The van der Waals surface area contributed by atoms with Crippen LogP contribution in [0.5, 0.6) is 5.75 Å². The van der Waals surface area contributed by atoms with Crippen LogP contribution in [0.15, 0.2) is 46.9 Å². The molecular formula is C15H15BrN2O3. The van der Waals surface area contributed by atoms with Gasteiger partial charge in [0.2, 0.25) is 0 Å². The van der Waals surface area contributed by atoms with E-state index in [1.165, 1.54) is 6.07 Å². The van der Waals surface area contributed by atoms with Crippen molar-refractivity contribution >= 4 is 21.6 Å². The van der Waals surface area contributed by atoms with E-state index < -0.39 is 0 Å². The van der Waals surface area contributed by atoms with Gasteiger partial charge in [0, 0.05) is 29.2 Å². The van der Waals surface area contributed by atoms with Gasteiger partial charge in [0.25, 0.3) is 5.69 Å². The predicted octanol–water partition coefficient (Wildman–Crippen LogP) is 3.66. The van der Waals surface area contributed by atoms with Crippen molar-refractivity contribution in [1.29, 1.82) is 0 Å². The second-order valence-corrected chi connectivity index (χ2v) is 5.40. The summed E-state index contributed by atoms with van der Waals surface area (Å²) < 4.78 is 5.86. The molecule has 0 fully saturated rings. The Morgan fingerprint density at radius 2 is 2.05 bits per heavy atom. The van der Waals surface area contributed by atoms with Crippen LogP contribution < -0.4 is 10.1 Å². The maximum absolute atomic E-state index is 11.0. The molecule has 6 heteroatoms. The number of methoxy groups -OCH3 is 1. The van der Waals surface area contributed by atoms with Crippen LogP contribution in [0.3, 0.4) is 0 Å². The summed E-state index contributed by atoms with van der Waals surface area (Å²) in [7, 11) is 1.62. The SMILES string of the molecule is COc1cccc(CNCc2ccc(Br)cc2[N+](=O)[O-])c1. The number of halogens is 1. The van der Waals surface area contributed by atoms with Gasteiger partial charge < -0.3 is 10.1 Å². The zero-order valence-corrected chi connectivity index (χ0v) is 13.1. The summed E-state index contributed by atoms with van der Waals surface area (Å²) in [5.74, 6) is 0.795. The molecule has 0 aliphatic carbocycles. The first-order chi connectivity index (χ1) is 10.1. The molecule has 1 N–H and O–H groups in total. The molecule has 2 aromatic rings. The first-order valence-corrected chi connectivity index (χ1v) is 7.16. The summed E-state index contributed by atoms with van der Waals surface area (Å²) in [5.41, 5.74) is 1.84. The van der Waals surface area contributed by atoms with Gasteiger partial charge in [-0.2, -0.15) is 0 Å². The van der Waals surface area contributed by atoms with Gasteiger partial charge in [-0.25, -0.2) is 0 Å². The van der Waals surface area contributed by atoms with E-state index >= 15 is 0 Å². The molecule has 2 rings (SSSR count). The molecule has 0 bridgehead atoms. The molecule has 0 radical (unpaired) electrons. The van der Waals surface area contributed by atoms with Gasteiger partial charge >= 0.3 is 0 Å². The molecule has 110 valence electrons. The highest BCUT2D eigenvalue weighted by atomic mass is 79.9. The van der Waals surface area contributed by atoms with Crippen molar-refractivity contribution in [3.05, 3.63) is 68.2 Å². The molecule has 0 aliphatic heterocycles. The van der Waals surface area contributed by atoms with Gasteiger partial charge in [0.1, 0.15) is 5.75 Å². The minimum absolute atomic E-state index is 0.113. The molecule has 0 aromatic heterocycles. The maximum atomic E-state index is 11.0. The van der Waals surface area contributed by atoms with Gasteiger partial charge in [-0.3, -0.25) is 10.1 Å². The number of rotatable bonds is 6. The Balaban J connectivity index is 2.01.